The van der Waals surface area contributed by atoms with Crippen molar-refractivity contribution < 1.29 is 24.5 Å². The van der Waals surface area contributed by atoms with Crippen LogP contribution in [0.15, 0.2) is 36.5 Å². The van der Waals surface area contributed by atoms with Crippen LogP contribution >= 0.6 is 0 Å². The molecule has 0 fully saturated rings. The molecule has 2 unspecified atom stereocenters. The van der Waals surface area contributed by atoms with Crippen molar-refractivity contribution in [3.8, 4) is 0 Å². The van der Waals surface area contributed by atoms with E-state index in [1.807, 2.05) is 6.08 Å². The van der Waals surface area contributed by atoms with Crippen LogP contribution in [0.2, 0.25) is 0 Å². The van der Waals surface area contributed by atoms with Crippen LogP contribution in [-0.2, 0) is 14.3 Å². The topological polar surface area (TPSA) is 95.9 Å². The number of hydrogen-bond acceptors (Lipinski definition) is 5. The first kappa shape index (κ1) is 76.1. The van der Waals surface area contributed by atoms with Gasteiger partial charge in [-0.25, -0.2) is 0 Å². The number of rotatable bonds is 66. The van der Waals surface area contributed by atoms with Crippen LogP contribution in [0.5, 0.6) is 0 Å². The number of allylic oxidation sites excluding steroid dienone is 5. The van der Waals surface area contributed by atoms with Crippen molar-refractivity contribution in [2.75, 3.05) is 13.2 Å². The summed E-state index contributed by atoms with van der Waals surface area (Å²) in [7, 11) is 0. The predicted molar refractivity (Wildman–Crippen MR) is 343 cm³/mol. The van der Waals surface area contributed by atoms with Crippen LogP contribution in [0.1, 0.15) is 386 Å². The van der Waals surface area contributed by atoms with E-state index in [1.165, 1.54) is 308 Å². The molecule has 3 N–H and O–H groups in total. The van der Waals surface area contributed by atoms with Crippen molar-refractivity contribution in [1.82, 2.24) is 5.32 Å². The van der Waals surface area contributed by atoms with Gasteiger partial charge in [0.05, 0.1) is 25.4 Å². The molecule has 0 radical (unpaired) electrons. The molecule has 78 heavy (non-hydrogen) atoms. The molecule has 460 valence electrons. The van der Waals surface area contributed by atoms with E-state index in [-0.39, 0.29) is 18.5 Å². The Labute approximate surface area is 487 Å². The SMILES string of the molecule is CCCCCC/C=C\CCCCCCCC(=O)OCCCCCCCCCCCCCC/C=C\CCCCCCCCCC(=O)NC(CO)C(O)/C=C/CCCCCCCCCCCCCCCCCCCCCCCCC. The third-order valence-electron chi connectivity index (χ3n) is 16.4. The highest BCUT2D eigenvalue weighted by Crippen LogP contribution is 2.18. The van der Waals surface area contributed by atoms with Crippen LogP contribution in [0.25, 0.3) is 0 Å². The van der Waals surface area contributed by atoms with Gasteiger partial charge in [-0.1, -0.05) is 326 Å². The highest BCUT2D eigenvalue weighted by Gasteiger charge is 2.18. The summed E-state index contributed by atoms with van der Waals surface area (Å²) in [6.45, 7) is 4.91. The number of aliphatic hydroxyl groups excluding tert-OH is 2. The molecule has 0 heterocycles. The highest BCUT2D eigenvalue weighted by atomic mass is 16.5. The number of aliphatic hydroxyl groups is 2. The maximum Gasteiger partial charge on any atom is 0.305 e. The highest BCUT2D eigenvalue weighted by molar-refractivity contribution is 5.76. The Morgan fingerprint density at radius 2 is 0.603 bits per heavy atom. The summed E-state index contributed by atoms with van der Waals surface area (Å²) >= 11 is 0. The molecule has 0 aromatic heterocycles. The number of ether oxygens (including phenoxy) is 1. The van der Waals surface area contributed by atoms with Gasteiger partial charge in [0.15, 0.2) is 0 Å². The minimum atomic E-state index is -0.850. The van der Waals surface area contributed by atoms with Gasteiger partial charge in [0.25, 0.3) is 0 Å². The normalized spacial score (nSPS) is 12.7. The van der Waals surface area contributed by atoms with Crippen molar-refractivity contribution in [3.63, 3.8) is 0 Å². The van der Waals surface area contributed by atoms with Crippen molar-refractivity contribution in [1.29, 1.82) is 0 Å². The van der Waals surface area contributed by atoms with Gasteiger partial charge in [0.1, 0.15) is 0 Å². The van der Waals surface area contributed by atoms with Crippen molar-refractivity contribution >= 4 is 11.9 Å². The Balaban J connectivity index is 3.44. The molecule has 6 nitrogen and oxygen atoms in total. The molecule has 2 atom stereocenters. The molecule has 0 aliphatic carbocycles. The first-order valence-electron chi connectivity index (χ1n) is 35.3. The number of carbonyl (C=O) groups excluding carboxylic acids is 2. The molecule has 1 amide bonds. The molecule has 0 aliphatic heterocycles. The fraction of sp³-hybridized carbons (Fsp3) is 0.889. The summed E-state index contributed by atoms with van der Waals surface area (Å²) in [4.78, 5) is 24.6. The summed E-state index contributed by atoms with van der Waals surface area (Å²) < 4.78 is 5.48. The number of unbranched alkanes of at least 4 members (excludes halogenated alkanes) is 51. The Morgan fingerprint density at radius 3 is 0.923 bits per heavy atom. The van der Waals surface area contributed by atoms with Gasteiger partial charge in [0.2, 0.25) is 5.91 Å². The van der Waals surface area contributed by atoms with E-state index in [9.17, 15) is 19.8 Å². The number of carbonyl (C=O) groups is 2. The summed E-state index contributed by atoms with van der Waals surface area (Å²) in [5.74, 6) is -0.0683. The average Bonchev–Trinajstić information content (AvgIpc) is 3.44. The van der Waals surface area contributed by atoms with E-state index in [1.54, 1.807) is 6.08 Å². The molecule has 0 aromatic carbocycles. The zero-order chi connectivity index (χ0) is 56.4. The molecule has 0 saturated heterocycles. The van der Waals surface area contributed by atoms with Crippen molar-refractivity contribution in [2.45, 2.75) is 398 Å². The van der Waals surface area contributed by atoms with Gasteiger partial charge in [-0.15, -0.1) is 0 Å². The molecule has 0 saturated carbocycles. The van der Waals surface area contributed by atoms with Gasteiger partial charge in [0, 0.05) is 12.8 Å². The standard InChI is InChI=1S/C72H137NO5/c1-3-5-7-9-11-13-15-17-18-19-20-21-22-23-25-28-31-34-37-41-44-48-52-56-60-64-70(75)69(68-74)73-71(76)65-61-57-53-49-45-42-38-35-32-29-26-24-27-30-33-36-39-43-47-51-55-59-63-67-78-72(77)66-62-58-54-50-46-40-16-14-12-10-8-6-4-2/h14,16,29,32,60,64,69-70,74-75H,3-13,15,17-28,30-31,33-59,61-63,65-68H2,1-2H3,(H,73,76)/b16-14-,32-29-,64-60+. The summed E-state index contributed by atoms with van der Waals surface area (Å²) in [5, 5.41) is 23.3. The fourth-order valence-corrected chi connectivity index (χ4v) is 11.0. The smallest absolute Gasteiger partial charge is 0.305 e. The molecular formula is C72H137NO5. The van der Waals surface area contributed by atoms with Crippen LogP contribution < -0.4 is 5.32 Å². The summed E-state index contributed by atoms with van der Waals surface area (Å²) in [5.41, 5.74) is 0. The Kier molecular flexibility index (Phi) is 65.9. The third-order valence-corrected chi connectivity index (χ3v) is 16.4. The monoisotopic (exact) mass is 1100 g/mol. The predicted octanol–water partition coefficient (Wildman–Crippen LogP) is 22.7. The lowest BCUT2D eigenvalue weighted by Gasteiger charge is -2.20. The lowest BCUT2D eigenvalue weighted by atomic mass is 10.0. The third kappa shape index (κ3) is 63.3. The lowest BCUT2D eigenvalue weighted by molar-refractivity contribution is -0.143. The second-order valence-corrected chi connectivity index (χ2v) is 24.2. The maximum absolute atomic E-state index is 12.5. The van der Waals surface area contributed by atoms with E-state index >= 15 is 0 Å². The van der Waals surface area contributed by atoms with Crippen molar-refractivity contribution in [2.24, 2.45) is 0 Å². The van der Waals surface area contributed by atoms with Gasteiger partial charge in [-0.3, -0.25) is 9.59 Å². The number of hydrogen-bond donors (Lipinski definition) is 3. The summed E-state index contributed by atoms with van der Waals surface area (Å²) in [6, 6.07) is -0.634. The largest absolute Gasteiger partial charge is 0.466 e. The van der Waals surface area contributed by atoms with Crippen LogP contribution in [0.3, 0.4) is 0 Å². The van der Waals surface area contributed by atoms with Gasteiger partial charge < -0.3 is 20.3 Å². The molecule has 0 bridgehead atoms. The van der Waals surface area contributed by atoms with Crippen LogP contribution in [0, 0.1) is 0 Å². The Morgan fingerprint density at radius 1 is 0.346 bits per heavy atom. The minimum Gasteiger partial charge on any atom is -0.466 e. The first-order chi connectivity index (χ1) is 38.5. The molecule has 0 aromatic rings. The zero-order valence-electron chi connectivity index (χ0n) is 52.7. The number of nitrogens with one attached hydrogen (secondary N) is 1. The maximum atomic E-state index is 12.5. The van der Waals surface area contributed by atoms with Crippen LogP contribution in [-0.4, -0.2) is 47.4 Å². The molecule has 0 rings (SSSR count). The number of amides is 1. The second-order valence-electron chi connectivity index (χ2n) is 24.2. The van der Waals surface area contributed by atoms with Gasteiger partial charge in [-0.2, -0.15) is 0 Å². The van der Waals surface area contributed by atoms with E-state index in [4.69, 9.17) is 4.74 Å². The second kappa shape index (κ2) is 67.6. The Bertz CT molecular complexity index is 1260. The van der Waals surface area contributed by atoms with Gasteiger partial charge in [-0.05, 0) is 83.5 Å². The Hall–Kier alpha value is -1.92. The quantitative estimate of drug-likeness (QED) is 0.0320. The van der Waals surface area contributed by atoms with Gasteiger partial charge >= 0.3 is 5.97 Å². The van der Waals surface area contributed by atoms with Crippen molar-refractivity contribution in [3.05, 3.63) is 36.5 Å². The summed E-state index contributed by atoms with van der Waals surface area (Å²) in [6.07, 6.45) is 86.5. The number of esters is 1. The molecular weight excluding hydrogens is 959 g/mol. The first-order valence-corrected chi connectivity index (χ1v) is 35.3. The van der Waals surface area contributed by atoms with E-state index in [0.29, 0.717) is 19.4 Å². The molecule has 0 spiro atoms. The fourth-order valence-electron chi connectivity index (χ4n) is 11.0. The molecule has 0 aliphatic rings. The lowest BCUT2D eigenvalue weighted by Crippen LogP contribution is -2.45. The van der Waals surface area contributed by atoms with Crippen LogP contribution in [0.4, 0.5) is 0 Å². The van der Waals surface area contributed by atoms with E-state index in [0.717, 1.165) is 51.4 Å². The average molecular weight is 1100 g/mol. The van der Waals surface area contributed by atoms with E-state index in [2.05, 4.69) is 43.5 Å². The molecule has 6 heteroatoms. The van der Waals surface area contributed by atoms with E-state index < -0.39 is 12.1 Å². The zero-order valence-corrected chi connectivity index (χ0v) is 52.7. The minimum absolute atomic E-state index is 0.00219.